The van der Waals surface area contributed by atoms with E-state index in [0.29, 0.717) is 25.9 Å². The highest BCUT2D eigenvalue weighted by Gasteiger charge is 2.42. The zero-order chi connectivity index (χ0) is 60.9. The molecule has 0 aromatic carbocycles. The Morgan fingerprint density at radius 1 is 0.543 bits per heavy atom. The molecule has 0 aromatic heterocycles. The van der Waals surface area contributed by atoms with Crippen LogP contribution in [-0.2, 0) is 43.2 Å². The predicted octanol–water partition coefficient (Wildman–Crippen LogP) is 4.28. The third-order valence-corrected chi connectivity index (χ3v) is 15.3. The molecular formula is C60H111N11O10. The van der Waals surface area contributed by atoms with E-state index in [0.717, 1.165) is 103 Å². The summed E-state index contributed by atoms with van der Waals surface area (Å²) in [6.07, 6.45) is 15.4. The fourth-order valence-corrected chi connectivity index (χ4v) is 10.4. The maximum absolute atomic E-state index is 14.4. The first-order valence-electron chi connectivity index (χ1n) is 30.9. The topological polar surface area (TPSA) is 297 Å². The minimum absolute atomic E-state index is 0.00336. The van der Waals surface area contributed by atoms with Crippen LogP contribution in [-0.4, -0.2) is 155 Å². The van der Waals surface area contributed by atoms with Crippen LogP contribution in [0.2, 0.25) is 0 Å². The molecule has 0 aromatic rings. The van der Waals surface area contributed by atoms with Gasteiger partial charge in [-0.25, -0.2) is 0 Å². The second-order valence-corrected chi connectivity index (χ2v) is 25.5. The summed E-state index contributed by atoms with van der Waals surface area (Å²) in [6.45, 7) is 25.2. The number of likely N-dealkylation sites (tertiary alicyclic amines) is 1. The molecule has 2 rings (SSSR count). The van der Waals surface area contributed by atoms with Crippen molar-refractivity contribution < 1.29 is 48.3 Å². The molecule has 1 saturated heterocycles. The van der Waals surface area contributed by atoms with Gasteiger partial charge in [-0.15, -0.1) is 0 Å². The molecular weight excluding hydrogens is 1030 g/mol. The van der Waals surface area contributed by atoms with Crippen LogP contribution in [0.3, 0.4) is 0 Å². The number of aliphatic hydroxyl groups excluding tert-OH is 1. The highest BCUT2D eigenvalue weighted by Crippen LogP contribution is 2.28. The van der Waals surface area contributed by atoms with Crippen molar-refractivity contribution in [2.45, 2.75) is 271 Å². The van der Waals surface area contributed by atoms with Crippen molar-refractivity contribution in [1.29, 1.82) is 0 Å². The Labute approximate surface area is 486 Å². The average Bonchev–Trinajstić information content (AvgIpc) is 3.91. The Morgan fingerprint density at radius 2 is 1.09 bits per heavy atom. The van der Waals surface area contributed by atoms with Crippen molar-refractivity contribution in [1.82, 2.24) is 58.1 Å². The summed E-state index contributed by atoms with van der Waals surface area (Å²) in [5, 5.41) is 37.6. The standard InChI is InChI=1S/C60H111N11O10/c1-14-16-18-19-20-24-28-44(51(75)64-46(37-41(5)6)52(76)68-58(8,9)55(79)67-45(36-40(3)4)50(74)62-31-30-49(73)63-42(7)39-61-32-35-72)66-56(80)59(10,11)70-57(81)60(12,13)69-53(77)47(38-43-26-22-21-23-27-43)65-54(78)48-29-25-34-71(48)33-17-15-2/h40-48,61,72H,14-39H2,1-13H3,(H,62,74)(H,63,73)(H,64,75)(H,65,78)(H,66,80)(H,67,79)(H,68,76)(H,69,77)(H,70,81)/t42-,44+,45+,46+,47+,48+/m1/s1. The van der Waals surface area contributed by atoms with Crippen LogP contribution >= 0.6 is 0 Å². The largest absolute Gasteiger partial charge is 0.395 e. The summed E-state index contributed by atoms with van der Waals surface area (Å²) in [6, 6.07) is -4.61. The van der Waals surface area contributed by atoms with E-state index in [4.69, 9.17) is 5.11 Å². The van der Waals surface area contributed by atoms with Crippen molar-refractivity contribution in [3.8, 4) is 0 Å². The maximum Gasteiger partial charge on any atom is 0.246 e. The molecule has 21 nitrogen and oxygen atoms in total. The van der Waals surface area contributed by atoms with Crippen molar-refractivity contribution >= 4 is 53.2 Å². The Hall–Kier alpha value is -4.89. The number of carbonyl (C=O) groups is 9. The molecule has 1 heterocycles. The van der Waals surface area contributed by atoms with Crippen molar-refractivity contribution in [3.63, 3.8) is 0 Å². The van der Waals surface area contributed by atoms with Gasteiger partial charge >= 0.3 is 0 Å². The van der Waals surface area contributed by atoms with Crippen LogP contribution in [0, 0.1) is 17.8 Å². The molecule has 6 atom stereocenters. The fourth-order valence-electron chi connectivity index (χ4n) is 10.4. The molecule has 2 aliphatic rings. The normalized spacial score (nSPS) is 17.3. The zero-order valence-corrected chi connectivity index (χ0v) is 52.1. The second kappa shape index (κ2) is 36.6. The molecule has 21 heteroatoms. The Kier molecular flexibility index (Phi) is 32.7. The maximum atomic E-state index is 14.4. The number of hydrogen-bond donors (Lipinski definition) is 11. The molecule has 11 N–H and O–H groups in total. The van der Waals surface area contributed by atoms with Gasteiger partial charge in [0.25, 0.3) is 0 Å². The average molecular weight is 1150 g/mol. The monoisotopic (exact) mass is 1150 g/mol. The molecule has 1 aliphatic carbocycles. The Bertz CT molecular complexity index is 1990. The van der Waals surface area contributed by atoms with E-state index in [-0.39, 0.29) is 80.5 Å². The molecule has 1 aliphatic heterocycles. The first-order valence-corrected chi connectivity index (χ1v) is 30.9. The lowest BCUT2D eigenvalue weighted by molar-refractivity contribution is -0.139. The summed E-state index contributed by atoms with van der Waals surface area (Å²) in [4.78, 5) is 127. The molecule has 1 saturated carbocycles. The third kappa shape index (κ3) is 27.4. The summed E-state index contributed by atoms with van der Waals surface area (Å²) in [5.41, 5.74) is -4.69. The van der Waals surface area contributed by atoms with Crippen molar-refractivity contribution in [3.05, 3.63) is 0 Å². The summed E-state index contributed by atoms with van der Waals surface area (Å²) in [5.74, 6) is -4.51. The molecule has 0 radical (unpaired) electrons. The lowest BCUT2D eigenvalue weighted by Gasteiger charge is -2.35. The molecule has 9 amide bonds. The second-order valence-electron chi connectivity index (χ2n) is 25.5. The molecule has 2 fully saturated rings. The fraction of sp³-hybridized carbons (Fsp3) is 0.850. The van der Waals surface area contributed by atoms with Crippen molar-refractivity contribution in [2.75, 3.05) is 39.3 Å². The minimum Gasteiger partial charge on any atom is -0.395 e. The summed E-state index contributed by atoms with van der Waals surface area (Å²) < 4.78 is 0. The van der Waals surface area contributed by atoms with Gasteiger partial charge in [-0.05, 0) is 124 Å². The van der Waals surface area contributed by atoms with E-state index in [1.807, 2.05) is 34.6 Å². The van der Waals surface area contributed by atoms with E-state index in [2.05, 4.69) is 71.9 Å². The molecule has 466 valence electrons. The minimum atomic E-state index is -1.60. The number of nitrogens with zero attached hydrogens (tertiary/aromatic N) is 1. The quantitative estimate of drug-likeness (QED) is 0.0385. The highest BCUT2D eigenvalue weighted by molar-refractivity contribution is 6.00. The van der Waals surface area contributed by atoms with Gasteiger partial charge in [-0.1, -0.05) is 119 Å². The highest BCUT2D eigenvalue weighted by atomic mass is 16.3. The van der Waals surface area contributed by atoms with Crippen LogP contribution < -0.4 is 53.2 Å². The molecule has 0 unspecified atom stereocenters. The lowest BCUT2D eigenvalue weighted by atomic mass is 9.84. The van der Waals surface area contributed by atoms with Crippen LogP contribution in [0.25, 0.3) is 0 Å². The van der Waals surface area contributed by atoms with E-state index in [1.54, 1.807) is 13.8 Å². The molecule has 0 spiro atoms. The van der Waals surface area contributed by atoms with Gasteiger partial charge in [0, 0.05) is 32.1 Å². The van der Waals surface area contributed by atoms with E-state index in [9.17, 15) is 43.2 Å². The van der Waals surface area contributed by atoms with Crippen molar-refractivity contribution in [2.24, 2.45) is 17.8 Å². The van der Waals surface area contributed by atoms with Gasteiger partial charge < -0.3 is 58.3 Å². The van der Waals surface area contributed by atoms with Gasteiger partial charge in [0.15, 0.2) is 0 Å². The number of nitrogens with one attached hydrogen (secondary N) is 10. The summed E-state index contributed by atoms with van der Waals surface area (Å²) >= 11 is 0. The number of aliphatic hydroxyl groups is 1. The molecule has 81 heavy (non-hydrogen) atoms. The number of rotatable bonds is 39. The SMILES string of the molecule is CCCCCCCC[C@H](NC(=O)C(C)(C)NC(=O)C(C)(C)NC(=O)[C@H](CC1CCCCC1)NC(=O)[C@@H]1CCCN1CCCC)C(=O)N[C@@H](CC(C)C)C(=O)NC(C)(C)C(=O)N[C@@H](CC(C)C)C(=O)NCCC(=O)N[C@H](C)CNCCO. The van der Waals surface area contributed by atoms with Crippen LogP contribution in [0.4, 0.5) is 0 Å². The third-order valence-electron chi connectivity index (χ3n) is 15.3. The Balaban J connectivity index is 2.25. The van der Waals surface area contributed by atoms with E-state index in [1.165, 1.54) is 27.7 Å². The Morgan fingerprint density at radius 3 is 1.68 bits per heavy atom. The number of unbranched alkanes of at least 4 members (excludes halogenated alkanes) is 6. The molecule has 0 bridgehead atoms. The van der Waals surface area contributed by atoms with Crippen LogP contribution in [0.1, 0.15) is 218 Å². The number of amides is 9. The van der Waals surface area contributed by atoms with E-state index < -0.39 is 82.1 Å². The van der Waals surface area contributed by atoms with Gasteiger partial charge in [0.2, 0.25) is 53.2 Å². The predicted molar refractivity (Wildman–Crippen MR) is 317 cm³/mol. The van der Waals surface area contributed by atoms with Gasteiger partial charge in [-0.2, -0.15) is 0 Å². The summed E-state index contributed by atoms with van der Waals surface area (Å²) in [7, 11) is 0. The first kappa shape index (κ1) is 72.2. The zero-order valence-electron chi connectivity index (χ0n) is 52.1. The lowest BCUT2D eigenvalue weighted by Crippen LogP contribution is -2.66. The van der Waals surface area contributed by atoms with Gasteiger partial charge in [0.1, 0.15) is 40.8 Å². The van der Waals surface area contributed by atoms with E-state index >= 15 is 0 Å². The van der Waals surface area contributed by atoms with Gasteiger partial charge in [-0.3, -0.25) is 48.1 Å². The van der Waals surface area contributed by atoms with Gasteiger partial charge in [0.05, 0.1) is 12.6 Å². The first-order chi connectivity index (χ1) is 38.1. The van der Waals surface area contributed by atoms with Crippen LogP contribution in [0.5, 0.6) is 0 Å². The van der Waals surface area contributed by atoms with Crippen LogP contribution in [0.15, 0.2) is 0 Å². The smallest absolute Gasteiger partial charge is 0.246 e. The number of carbonyl (C=O) groups excluding carboxylic acids is 9. The number of hydrogen-bond acceptors (Lipinski definition) is 12.